The number of carbonyl (C=O) groups is 1. The number of hydrogen-bond donors (Lipinski definition) is 1. The maximum atomic E-state index is 11.0. The molecule has 7 heteroatoms. The van der Waals surface area contributed by atoms with E-state index in [2.05, 4.69) is 9.05 Å². The van der Waals surface area contributed by atoms with Crippen molar-refractivity contribution in [1.29, 1.82) is 0 Å². The molecule has 76 valence electrons. The number of carbonyl (C=O) groups excluding carboxylic acids is 1. The molecule has 0 saturated heterocycles. The average Bonchev–Trinajstić information content (AvgIpc) is 2.02. The summed E-state index contributed by atoms with van der Waals surface area (Å²) >= 11 is 4.76. The zero-order valence-corrected chi connectivity index (χ0v) is 8.44. The van der Waals surface area contributed by atoms with Gasteiger partial charge >= 0.3 is 13.3 Å². The molecule has 1 rings (SSSR count). The lowest BCUT2D eigenvalue weighted by molar-refractivity contribution is 0.201. The molecule has 1 unspecified atom stereocenters. The molecule has 0 aromatic heterocycles. The van der Waals surface area contributed by atoms with Gasteiger partial charge in [0, 0.05) is 11.6 Å². The van der Waals surface area contributed by atoms with Crippen LogP contribution in [0.5, 0.6) is 5.75 Å². The fourth-order valence-electron chi connectivity index (χ4n) is 0.724. The lowest BCUT2D eigenvalue weighted by Crippen LogP contribution is -1.98. The molecule has 0 amide bonds. The smallest absolute Gasteiger partial charge is 0.395 e. The van der Waals surface area contributed by atoms with Crippen LogP contribution in [0.15, 0.2) is 30.3 Å². The van der Waals surface area contributed by atoms with Crippen LogP contribution in [0.2, 0.25) is 0 Å². The summed E-state index contributed by atoms with van der Waals surface area (Å²) in [5.41, 5.74) is -1.40. The Morgan fingerprint density at radius 1 is 1.36 bits per heavy atom. The van der Waals surface area contributed by atoms with E-state index in [9.17, 15) is 9.36 Å². The summed E-state index contributed by atoms with van der Waals surface area (Å²) < 4.78 is 19.4. The highest BCUT2D eigenvalue weighted by Crippen LogP contribution is 2.44. The second kappa shape index (κ2) is 4.46. The van der Waals surface area contributed by atoms with Crippen LogP contribution in [-0.4, -0.2) is 10.3 Å². The standard InChI is InChI=1S/C7H6ClO5P/c8-7(9)13-14(10,11)12-6-4-2-1-3-5-6/h1-5H,(H,10,11). The van der Waals surface area contributed by atoms with Crippen molar-refractivity contribution in [3.8, 4) is 5.75 Å². The summed E-state index contributed by atoms with van der Waals surface area (Å²) in [6.45, 7) is 0. The Balaban J connectivity index is 2.69. The van der Waals surface area contributed by atoms with Gasteiger partial charge in [0.15, 0.2) is 0 Å². The van der Waals surface area contributed by atoms with Crippen molar-refractivity contribution in [2.24, 2.45) is 0 Å². The number of phosphoric acid groups is 1. The number of hydrogen-bond acceptors (Lipinski definition) is 4. The highest BCUT2D eigenvalue weighted by atomic mass is 35.5. The Labute approximate surface area is 84.8 Å². The van der Waals surface area contributed by atoms with Crippen LogP contribution in [0.25, 0.3) is 0 Å². The molecule has 0 heterocycles. The van der Waals surface area contributed by atoms with E-state index in [0.717, 1.165) is 0 Å². The Kier molecular flexibility index (Phi) is 3.52. The average molecular weight is 237 g/mol. The van der Waals surface area contributed by atoms with Crippen molar-refractivity contribution in [3.63, 3.8) is 0 Å². The minimum atomic E-state index is -4.45. The third-order valence-corrected chi connectivity index (χ3v) is 2.17. The molecule has 1 atom stereocenters. The highest BCUT2D eigenvalue weighted by molar-refractivity contribution is 7.48. The predicted octanol–water partition coefficient (Wildman–Crippen LogP) is 2.54. The van der Waals surface area contributed by atoms with Crippen LogP contribution in [0, 0.1) is 0 Å². The largest absolute Gasteiger partial charge is 0.587 e. The Morgan fingerprint density at radius 2 is 1.93 bits per heavy atom. The number of rotatable bonds is 3. The summed E-state index contributed by atoms with van der Waals surface area (Å²) in [4.78, 5) is 19.1. The molecule has 1 N–H and O–H groups in total. The summed E-state index contributed by atoms with van der Waals surface area (Å²) in [6.07, 6.45) is 0. The SMILES string of the molecule is O=C(Cl)OP(=O)(O)Oc1ccccc1. The van der Waals surface area contributed by atoms with Gasteiger partial charge in [0.05, 0.1) is 0 Å². The van der Waals surface area contributed by atoms with Gasteiger partial charge in [0.25, 0.3) is 0 Å². The Bertz CT molecular complexity index is 366. The van der Waals surface area contributed by atoms with Gasteiger partial charge in [-0.15, -0.1) is 0 Å². The molecule has 14 heavy (non-hydrogen) atoms. The Hall–Kier alpha value is -1.03. The van der Waals surface area contributed by atoms with Crippen LogP contribution >= 0.6 is 19.4 Å². The van der Waals surface area contributed by atoms with Gasteiger partial charge in [-0.25, -0.2) is 9.36 Å². The van der Waals surface area contributed by atoms with Gasteiger partial charge in [-0.2, -0.15) is 0 Å². The van der Waals surface area contributed by atoms with Crippen LogP contribution < -0.4 is 4.52 Å². The van der Waals surface area contributed by atoms with Crippen LogP contribution in [0.4, 0.5) is 4.79 Å². The first-order valence-corrected chi connectivity index (χ1v) is 5.33. The van der Waals surface area contributed by atoms with Crippen molar-refractivity contribution >= 4 is 24.9 Å². The zero-order valence-electron chi connectivity index (χ0n) is 6.79. The van der Waals surface area contributed by atoms with E-state index >= 15 is 0 Å². The summed E-state index contributed by atoms with van der Waals surface area (Å²) in [5, 5.41) is 0. The van der Waals surface area contributed by atoms with E-state index < -0.39 is 13.3 Å². The van der Waals surface area contributed by atoms with Gasteiger partial charge in [-0.05, 0) is 12.1 Å². The molecule has 0 fully saturated rings. The first kappa shape index (κ1) is 11.0. The molecule has 0 spiro atoms. The van der Waals surface area contributed by atoms with Crippen molar-refractivity contribution < 1.29 is 23.3 Å². The zero-order chi connectivity index (χ0) is 10.6. The maximum absolute atomic E-state index is 11.0. The molecule has 0 saturated carbocycles. The van der Waals surface area contributed by atoms with E-state index in [-0.39, 0.29) is 5.75 Å². The highest BCUT2D eigenvalue weighted by Gasteiger charge is 2.26. The number of benzene rings is 1. The monoisotopic (exact) mass is 236 g/mol. The summed E-state index contributed by atoms with van der Waals surface area (Å²) in [5.74, 6) is 0.108. The minimum absolute atomic E-state index is 0.108. The number of phosphoric ester groups is 1. The first-order valence-electron chi connectivity index (χ1n) is 3.46. The lowest BCUT2D eigenvalue weighted by Gasteiger charge is -2.09. The van der Waals surface area contributed by atoms with Crippen molar-refractivity contribution in [2.75, 3.05) is 0 Å². The maximum Gasteiger partial charge on any atom is 0.587 e. The summed E-state index contributed by atoms with van der Waals surface area (Å²) in [7, 11) is -4.45. The van der Waals surface area contributed by atoms with Gasteiger partial charge in [0.2, 0.25) is 0 Å². The third kappa shape index (κ3) is 3.79. The van der Waals surface area contributed by atoms with Gasteiger partial charge in [-0.1, -0.05) is 18.2 Å². The molecule has 0 aliphatic heterocycles. The van der Waals surface area contributed by atoms with E-state index in [4.69, 9.17) is 16.5 Å². The normalized spacial score (nSPS) is 14.1. The summed E-state index contributed by atoms with van der Waals surface area (Å²) in [6, 6.07) is 7.76. The van der Waals surface area contributed by atoms with E-state index in [1.165, 1.54) is 12.1 Å². The lowest BCUT2D eigenvalue weighted by atomic mass is 10.3. The van der Waals surface area contributed by atoms with Gasteiger partial charge < -0.3 is 9.05 Å². The molecular formula is C7H6ClO5P. The quantitative estimate of drug-likeness (QED) is 0.645. The molecule has 1 aromatic rings. The molecule has 5 nitrogen and oxygen atoms in total. The van der Waals surface area contributed by atoms with Crippen LogP contribution in [0.1, 0.15) is 0 Å². The molecule has 0 radical (unpaired) electrons. The van der Waals surface area contributed by atoms with E-state index in [0.29, 0.717) is 0 Å². The van der Waals surface area contributed by atoms with Crippen molar-refractivity contribution in [2.45, 2.75) is 0 Å². The molecule has 1 aromatic carbocycles. The predicted molar refractivity (Wildman–Crippen MR) is 49.2 cm³/mol. The van der Waals surface area contributed by atoms with E-state index in [1.807, 2.05) is 0 Å². The molecule has 0 aliphatic rings. The first-order chi connectivity index (χ1) is 6.49. The fourth-order valence-corrected chi connectivity index (χ4v) is 1.59. The van der Waals surface area contributed by atoms with Gasteiger partial charge in [0.1, 0.15) is 5.75 Å². The fraction of sp³-hybridized carbons (Fsp3) is 0. The third-order valence-electron chi connectivity index (χ3n) is 1.15. The Morgan fingerprint density at radius 3 is 2.43 bits per heavy atom. The van der Waals surface area contributed by atoms with Gasteiger partial charge in [-0.3, -0.25) is 4.89 Å². The van der Waals surface area contributed by atoms with Crippen LogP contribution in [-0.2, 0) is 9.09 Å². The second-order valence-electron chi connectivity index (χ2n) is 2.20. The molecular weight excluding hydrogens is 230 g/mol. The van der Waals surface area contributed by atoms with Crippen molar-refractivity contribution in [3.05, 3.63) is 30.3 Å². The van der Waals surface area contributed by atoms with E-state index in [1.54, 1.807) is 18.2 Å². The number of para-hydroxylation sites is 1. The molecule has 0 bridgehead atoms. The van der Waals surface area contributed by atoms with Crippen LogP contribution in [0.3, 0.4) is 0 Å². The topological polar surface area (TPSA) is 72.8 Å². The van der Waals surface area contributed by atoms with Crippen molar-refractivity contribution in [1.82, 2.24) is 0 Å². The second-order valence-corrected chi connectivity index (χ2v) is 3.81. The number of halogens is 1. The minimum Gasteiger partial charge on any atom is -0.395 e. The molecule has 0 aliphatic carbocycles.